The molecule has 120 valence electrons. The van der Waals surface area contributed by atoms with Crippen LogP contribution in [0.2, 0.25) is 0 Å². The van der Waals surface area contributed by atoms with E-state index in [1.165, 1.54) is 6.42 Å². The van der Waals surface area contributed by atoms with Crippen molar-refractivity contribution in [2.45, 2.75) is 45.1 Å². The van der Waals surface area contributed by atoms with E-state index in [1.807, 2.05) is 24.3 Å². The van der Waals surface area contributed by atoms with Gasteiger partial charge >= 0.3 is 5.97 Å². The highest BCUT2D eigenvalue weighted by Gasteiger charge is 2.23. The van der Waals surface area contributed by atoms with E-state index in [-0.39, 0.29) is 30.9 Å². The molecule has 1 N–H and O–H groups in total. The minimum absolute atomic E-state index is 0.181. The number of hydrogen-bond acceptors (Lipinski definition) is 3. The number of carbonyl (C=O) groups is 2. The fourth-order valence-electron chi connectivity index (χ4n) is 2.75. The van der Waals surface area contributed by atoms with Crippen LogP contribution in [0.15, 0.2) is 28.7 Å². The summed E-state index contributed by atoms with van der Waals surface area (Å²) in [5.41, 5.74) is 0.870. The van der Waals surface area contributed by atoms with Crippen LogP contribution in [0.3, 0.4) is 0 Å². The molecule has 1 aromatic carbocycles. The SMILES string of the molecule is C[C@@H]1CCCC[C@H]1NC(=O)COC(=O)Cc1ccc(Br)cc1. The van der Waals surface area contributed by atoms with Gasteiger partial charge in [0.25, 0.3) is 5.91 Å². The van der Waals surface area contributed by atoms with Gasteiger partial charge in [-0.1, -0.05) is 47.8 Å². The van der Waals surface area contributed by atoms with Crippen molar-refractivity contribution >= 4 is 27.8 Å². The first-order chi connectivity index (χ1) is 10.5. The number of esters is 1. The lowest BCUT2D eigenvalue weighted by atomic mass is 9.86. The first-order valence-corrected chi connectivity index (χ1v) is 8.53. The van der Waals surface area contributed by atoms with Gasteiger partial charge in [-0.05, 0) is 36.5 Å². The Kier molecular flexibility index (Phi) is 6.43. The van der Waals surface area contributed by atoms with Crippen molar-refractivity contribution in [1.29, 1.82) is 0 Å². The predicted octanol–water partition coefficient (Wildman–Crippen LogP) is 3.23. The van der Waals surface area contributed by atoms with Crippen molar-refractivity contribution in [3.05, 3.63) is 34.3 Å². The molecular weight excluding hydrogens is 346 g/mol. The van der Waals surface area contributed by atoms with E-state index in [1.54, 1.807) is 0 Å². The second-order valence-electron chi connectivity index (χ2n) is 5.90. The van der Waals surface area contributed by atoms with Crippen molar-refractivity contribution in [2.24, 2.45) is 5.92 Å². The molecule has 1 aromatic rings. The number of ether oxygens (including phenoxy) is 1. The second kappa shape index (κ2) is 8.32. The van der Waals surface area contributed by atoms with Crippen molar-refractivity contribution < 1.29 is 14.3 Å². The first-order valence-electron chi connectivity index (χ1n) is 7.74. The van der Waals surface area contributed by atoms with Gasteiger partial charge in [0.15, 0.2) is 6.61 Å². The van der Waals surface area contributed by atoms with Gasteiger partial charge in [0.1, 0.15) is 0 Å². The number of benzene rings is 1. The highest BCUT2D eigenvalue weighted by Crippen LogP contribution is 2.23. The van der Waals surface area contributed by atoms with Gasteiger partial charge in [0.05, 0.1) is 6.42 Å². The Labute approximate surface area is 139 Å². The Bertz CT molecular complexity index is 515. The molecule has 2 rings (SSSR count). The van der Waals surface area contributed by atoms with E-state index in [0.717, 1.165) is 29.3 Å². The van der Waals surface area contributed by atoms with Crippen LogP contribution in [-0.4, -0.2) is 24.5 Å². The molecule has 0 heterocycles. The molecule has 4 nitrogen and oxygen atoms in total. The van der Waals surface area contributed by atoms with Gasteiger partial charge in [-0.25, -0.2) is 0 Å². The van der Waals surface area contributed by atoms with E-state index in [2.05, 4.69) is 28.2 Å². The maximum atomic E-state index is 11.9. The second-order valence-corrected chi connectivity index (χ2v) is 6.82. The third kappa shape index (κ3) is 5.44. The Morgan fingerprint density at radius 2 is 1.91 bits per heavy atom. The summed E-state index contributed by atoms with van der Waals surface area (Å²) >= 11 is 3.34. The van der Waals surface area contributed by atoms with Gasteiger partial charge in [-0.2, -0.15) is 0 Å². The average Bonchev–Trinajstić information content (AvgIpc) is 2.50. The standard InChI is InChI=1S/C17H22BrNO3/c1-12-4-2-3-5-15(12)19-16(20)11-22-17(21)10-13-6-8-14(18)9-7-13/h6-9,12,15H,2-5,10-11H2,1H3,(H,19,20)/t12-,15-/m1/s1. The quantitative estimate of drug-likeness (QED) is 0.812. The molecule has 0 radical (unpaired) electrons. The molecule has 0 unspecified atom stereocenters. The molecule has 1 saturated carbocycles. The topological polar surface area (TPSA) is 55.4 Å². The van der Waals surface area contributed by atoms with Crippen LogP contribution in [-0.2, 0) is 20.7 Å². The van der Waals surface area contributed by atoms with Crippen LogP contribution in [0, 0.1) is 5.92 Å². The summed E-state index contributed by atoms with van der Waals surface area (Å²) in [6.07, 6.45) is 4.72. The van der Waals surface area contributed by atoms with Crippen molar-refractivity contribution in [3.63, 3.8) is 0 Å². The van der Waals surface area contributed by atoms with E-state index in [9.17, 15) is 9.59 Å². The number of halogens is 1. The zero-order chi connectivity index (χ0) is 15.9. The predicted molar refractivity (Wildman–Crippen MR) is 88.4 cm³/mol. The van der Waals surface area contributed by atoms with Crippen LogP contribution in [0.4, 0.5) is 0 Å². The third-order valence-electron chi connectivity index (χ3n) is 4.08. The summed E-state index contributed by atoms with van der Waals surface area (Å²) in [6.45, 7) is 1.96. The molecule has 1 fully saturated rings. The molecule has 22 heavy (non-hydrogen) atoms. The Balaban J connectivity index is 1.71. The van der Waals surface area contributed by atoms with Crippen LogP contribution in [0.25, 0.3) is 0 Å². The minimum Gasteiger partial charge on any atom is -0.455 e. The van der Waals surface area contributed by atoms with E-state index >= 15 is 0 Å². The summed E-state index contributed by atoms with van der Waals surface area (Å²) in [7, 11) is 0. The van der Waals surface area contributed by atoms with Crippen LogP contribution >= 0.6 is 15.9 Å². The highest BCUT2D eigenvalue weighted by atomic mass is 79.9. The molecule has 0 aliphatic heterocycles. The maximum Gasteiger partial charge on any atom is 0.310 e. The van der Waals surface area contributed by atoms with Crippen molar-refractivity contribution in [2.75, 3.05) is 6.61 Å². The normalized spacial score (nSPS) is 21.2. The lowest BCUT2D eigenvalue weighted by Gasteiger charge is -2.29. The molecule has 5 heteroatoms. The Morgan fingerprint density at radius 1 is 1.23 bits per heavy atom. The molecule has 1 amide bonds. The number of rotatable bonds is 5. The van der Waals surface area contributed by atoms with Crippen LogP contribution < -0.4 is 5.32 Å². The molecular formula is C17H22BrNO3. The Morgan fingerprint density at radius 3 is 2.59 bits per heavy atom. The first kappa shape index (κ1) is 17.0. The van der Waals surface area contributed by atoms with E-state index < -0.39 is 0 Å². The van der Waals surface area contributed by atoms with Gasteiger partial charge in [-0.15, -0.1) is 0 Å². The van der Waals surface area contributed by atoms with Gasteiger partial charge in [0.2, 0.25) is 0 Å². The largest absolute Gasteiger partial charge is 0.455 e. The lowest BCUT2D eigenvalue weighted by Crippen LogP contribution is -2.42. The number of nitrogens with one attached hydrogen (secondary N) is 1. The highest BCUT2D eigenvalue weighted by molar-refractivity contribution is 9.10. The molecule has 1 aliphatic rings. The fourth-order valence-corrected chi connectivity index (χ4v) is 3.01. The zero-order valence-corrected chi connectivity index (χ0v) is 14.4. The monoisotopic (exact) mass is 367 g/mol. The lowest BCUT2D eigenvalue weighted by molar-refractivity contribution is -0.148. The van der Waals surface area contributed by atoms with Crippen LogP contribution in [0.5, 0.6) is 0 Å². The number of hydrogen-bond donors (Lipinski definition) is 1. The summed E-state index contributed by atoms with van der Waals surface area (Å²) in [4.78, 5) is 23.6. The molecule has 2 atom stereocenters. The van der Waals surface area contributed by atoms with Gasteiger partial charge in [-0.3, -0.25) is 9.59 Å². The van der Waals surface area contributed by atoms with E-state index in [0.29, 0.717) is 5.92 Å². The average molecular weight is 368 g/mol. The zero-order valence-electron chi connectivity index (χ0n) is 12.8. The molecule has 0 saturated heterocycles. The number of carbonyl (C=O) groups excluding carboxylic acids is 2. The van der Waals surface area contributed by atoms with E-state index in [4.69, 9.17) is 4.74 Å². The smallest absolute Gasteiger partial charge is 0.310 e. The fraction of sp³-hybridized carbons (Fsp3) is 0.529. The van der Waals surface area contributed by atoms with Crippen molar-refractivity contribution in [3.8, 4) is 0 Å². The minimum atomic E-state index is -0.380. The van der Waals surface area contributed by atoms with Crippen molar-refractivity contribution in [1.82, 2.24) is 5.32 Å². The van der Waals surface area contributed by atoms with Gasteiger partial charge in [0, 0.05) is 10.5 Å². The van der Waals surface area contributed by atoms with Crippen LogP contribution in [0.1, 0.15) is 38.2 Å². The summed E-state index contributed by atoms with van der Waals surface area (Å²) in [5, 5.41) is 2.97. The third-order valence-corrected chi connectivity index (χ3v) is 4.61. The summed E-state index contributed by atoms with van der Waals surface area (Å²) < 4.78 is 6.02. The summed E-state index contributed by atoms with van der Waals surface area (Å²) in [5.74, 6) is -0.0896. The molecule has 0 bridgehead atoms. The summed E-state index contributed by atoms with van der Waals surface area (Å²) in [6, 6.07) is 7.68. The van der Waals surface area contributed by atoms with Gasteiger partial charge < -0.3 is 10.1 Å². The Hall–Kier alpha value is -1.36. The molecule has 1 aliphatic carbocycles. The maximum absolute atomic E-state index is 11.9. The molecule has 0 spiro atoms. The number of amides is 1. The molecule has 0 aromatic heterocycles.